The van der Waals surface area contributed by atoms with E-state index in [-0.39, 0.29) is 24.4 Å². The van der Waals surface area contributed by atoms with Gasteiger partial charge in [0.15, 0.2) is 6.29 Å². The Hall–Kier alpha value is -3.20. The number of esters is 1. The van der Waals surface area contributed by atoms with E-state index in [1.807, 2.05) is 38.2 Å². The molecule has 2 aliphatic heterocycles. The summed E-state index contributed by atoms with van der Waals surface area (Å²) in [6, 6.07) is 0. The number of aliphatic carboxylic acids is 1. The number of carboxylic acid groups (broad SMARTS) is 1. The molecule has 2 saturated heterocycles. The molecule has 2 heterocycles. The monoisotopic (exact) mass is 620 g/mol. The topological polar surface area (TPSA) is 192 Å². The second-order valence-electron chi connectivity index (χ2n) is 10.8. The van der Waals surface area contributed by atoms with Crippen molar-refractivity contribution in [3.8, 4) is 0 Å². The second kappa shape index (κ2) is 17.9. The molecule has 12 nitrogen and oxygen atoms in total. The van der Waals surface area contributed by atoms with Crippen LogP contribution in [0.25, 0.3) is 0 Å². The van der Waals surface area contributed by atoms with Crippen LogP contribution in [0.2, 0.25) is 0 Å². The van der Waals surface area contributed by atoms with Crippen molar-refractivity contribution >= 4 is 11.9 Å². The Morgan fingerprint density at radius 3 is 1.89 bits per heavy atom. The first kappa shape index (κ1) is 37.0. The average molecular weight is 621 g/mol. The SMILES string of the molecule is CC(/C=C/C=C(\C)C(=O)O)=C\C=C\C=C(C)\C=C\C=C(/C)C(=O)O[C@@H]1OC(CO[C@@H]2OC[C@@H](O)[C@H](O)C2O)[C@@H](O)[C@H](O)C1C. The molecule has 3 unspecified atom stereocenters. The molecule has 2 aliphatic rings. The molecule has 244 valence electrons. The van der Waals surface area contributed by atoms with E-state index in [0.717, 1.165) is 11.1 Å². The van der Waals surface area contributed by atoms with Crippen molar-refractivity contribution in [2.24, 2.45) is 5.92 Å². The molecule has 0 aliphatic carbocycles. The predicted molar refractivity (Wildman–Crippen MR) is 160 cm³/mol. The minimum atomic E-state index is -1.54. The summed E-state index contributed by atoms with van der Waals surface area (Å²) >= 11 is 0. The van der Waals surface area contributed by atoms with Crippen LogP contribution < -0.4 is 0 Å². The fourth-order valence-electron chi connectivity index (χ4n) is 4.01. The van der Waals surface area contributed by atoms with Crippen LogP contribution in [0.15, 0.2) is 83.1 Å². The summed E-state index contributed by atoms with van der Waals surface area (Å²) in [5, 5.41) is 59.2. The fourth-order valence-corrected chi connectivity index (χ4v) is 4.01. The van der Waals surface area contributed by atoms with Crippen LogP contribution >= 0.6 is 0 Å². The molecule has 0 spiro atoms. The van der Waals surface area contributed by atoms with Crippen molar-refractivity contribution in [2.45, 2.75) is 83.8 Å². The third-order valence-electron chi connectivity index (χ3n) is 7.01. The number of carbonyl (C=O) groups is 2. The van der Waals surface area contributed by atoms with E-state index < -0.39 is 67.1 Å². The van der Waals surface area contributed by atoms with Crippen LogP contribution in [0, 0.1) is 5.92 Å². The number of allylic oxidation sites excluding steroid dienone is 12. The van der Waals surface area contributed by atoms with Gasteiger partial charge in [0.25, 0.3) is 0 Å². The van der Waals surface area contributed by atoms with Crippen LogP contribution in [0.4, 0.5) is 0 Å². The minimum absolute atomic E-state index is 0.246. The number of rotatable bonds is 12. The highest BCUT2D eigenvalue weighted by Gasteiger charge is 2.45. The van der Waals surface area contributed by atoms with Gasteiger partial charge in [-0.3, -0.25) is 0 Å². The summed E-state index contributed by atoms with van der Waals surface area (Å²) in [6.07, 6.45) is 6.81. The van der Waals surface area contributed by atoms with Crippen LogP contribution in [0.5, 0.6) is 0 Å². The van der Waals surface area contributed by atoms with Crippen LogP contribution in [-0.2, 0) is 28.5 Å². The van der Waals surface area contributed by atoms with Gasteiger partial charge in [0.2, 0.25) is 6.29 Å². The number of carboxylic acids is 1. The molecule has 0 aromatic carbocycles. The van der Waals surface area contributed by atoms with E-state index in [1.165, 1.54) is 13.0 Å². The fraction of sp³-hybridized carbons (Fsp3) is 0.500. The number of hydrogen-bond donors (Lipinski definition) is 6. The number of ether oxygens (including phenoxy) is 4. The largest absolute Gasteiger partial charge is 0.478 e. The molecular weight excluding hydrogens is 576 g/mol. The maximum absolute atomic E-state index is 12.7. The summed E-state index contributed by atoms with van der Waals surface area (Å²) in [4.78, 5) is 23.5. The summed E-state index contributed by atoms with van der Waals surface area (Å²) in [5.41, 5.74) is 2.34. The maximum atomic E-state index is 12.7. The van der Waals surface area contributed by atoms with Crippen molar-refractivity contribution in [1.29, 1.82) is 0 Å². The molecule has 0 aromatic rings. The van der Waals surface area contributed by atoms with Gasteiger partial charge in [-0.25, -0.2) is 9.59 Å². The highest BCUT2D eigenvalue weighted by atomic mass is 16.7. The highest BCUT2D eigenvalue weighted by Crippen LogP contribution is 2.28. The second-order valence-corrected chi connectivity index (χ2v) is 10.8. The lowest BCUT2D eigenvalue weighted by atomic mass is 9.92. The zero-order valence-electron chi connectivity index (χ0n) is 25.5. The van der Waals surface area contributed by atoms with E-state index in [4.69, 9.17) is 24.1 Å². The quantitative estimate of drug-likeness (QED) is 0.105. The minimum Gasteiger partial charge on any atom is -0.478 e. The maximum Gasteiger partial charge on any atom is 0.336 e. The van der Waals surface area contributed by atoms with Crippen LogP contribution in [-0.4, -0.2) is 105 Å². The van der Waals surface area contributed by atoms with Gasteiger partial charge in [-0.05, 0) is 27.7 Å². The Morgan fingerprint density at radius 1 is 0.750 bits per heavy atom. The van der Waals surface area contributed by atoms with Crippen LogP contribution in [0.3, 0.4) is 0 Å². The van der Waals surface area contributed by atoms with Crippen molar-refractivity contribution in [3.63, 3.8) is 0 Å². The molecule has 9 atom stereocenters. The molecule has 0 amide bonds. The zero-order chi connectivity index (χ0) is 33.0. The van der Waals surface area contributed by atoms with Gasteiger partial charge in [0.05, 0.1) is 19.3 Å². The van der Waals surface area contributed by atoms with Crippen molar-refractivity contribution in [3.05, 3.63) is 83.1 Å². The molecular formula is C32H44O12. The number of aliphatic hydroxyl groups is 5. The number of carbonyl (C=O) groups excluding carboxylic acids is 1. The number of aliphatic hydroxyl groups excluding tert-OH is 5. The Bertz CT molecular complexity index is 1190. The molecule has 44 heavy (non-hydrogen) atoms. The van der Waals surface area contributed by atoms with Gasteiger partial charge < -0.3 is 49.6 Å². The summed E-state index contributed by atoms with van der Waals surface area (Å²) in [7, 11) is 0. The Balaban J connectivity index is 1.91. The normalized spacial score (nSPS) is 33.0. The predicted octanol–water partition coefficient (Wildman–Crippen LogP) is 1.61. The summed E-state index contributed by atoms with van der Waals surface area (Å²) in [6.45, 7) is 7.77. The first-order chi connectivity index (χ1) is 20.7. The van der Waals surface area contributed by atoms with E-state index in [1.54, 1.807) is 44.2 Å². The smallest absolute Gasteiger partial charge is 0.336 e. The molecule has 6 N–H and O–H groups in total. The Labute approximate surface area is 257 Å². The van der Waals surface area contributed by atoms with Gasteiger partial charge in [-0.15, -0.1) is 0 Å². The molecule has 0 saturated carbocycles. The third-order valence-corrected chi connectivity index (χ3v) is 7.01. The number of hydrogen-bond acceptors (Lipinski definition) is 11. The van der Waals surface area contributed by atoms with Crippen LogP contribution in [0.1, 0.15) is 34.6 Å². The van der Waals surface area contributed by atoms with E-state index in [0.29, 0.717) is 0 Å². The average Bonchev–Trinajstić information content (AvgIpc) is 2.98. The van der Waals surface area contributed by atoms with Crippen molar-refractivity contribution < 1.29 is 59.2 Å². The van der Waals surface area contributed by atoms with Gasteiger partial charge in [0.1, 0.15) is 30.5 Å². The van der Waals surface area contributed by atoms with Gasteiger partial charge in [-0.1, -0.05) is 78.8 Å². The standard InChI is InChI=1S/C32H44O12/c1-18(12-8-14-20(3)29(38)39)10-6-7-11-19(2)13-9-15-21(4)30(40)44-31-22(5)25(34)27(36)24(43-31)17-42-32-28(37)26(35)23(33)16-41-32/h6-15,22-28,31-37H,16-17H2,1-5H3,(H,38,39)/b7-6+,12-8+,13-9+,18-10+,19-11+,20-14+,21-15+/t22?,23-,24?,25-,26+,27-,28?,31+,32+/m1/s1. The van der Waals surface area contributed by atoms with E-state index in [9.17, 15) is 35.1 Å². The van der Waals surface area contributed by atoms with E-state index in [2.05, 4.69) is 0 Å². The molecule has 2 fully saturated rings. The summed E-state index contributed by atoms with van der Waals surface area (Å²) in [5.74, 6) is -2.42. The zero-order valence-corrected chi connectivity index (χ0v) is 25.5. The molecule has 0 aromatic heterocycles. The first-order valence-corrected chi connectivity index (χ1v) is 14.2. The van der Waals surface area contributed by atoms with E-state index >= 15 is 0 Å². The third kappa shape index (κ3) is 11.4. The summed E-state index contributed by atoms with van der Waals surface area (Å²) < 4.78 is 21.8. The lowest BCUT2D eigenvalue weighted by Gasteiger charge is -2.41. The lowest BCUT2D eigenvalue weighted by molar-refractivity contribution is -0.305. The first-order valence-electron chi connectivity index (χ1n) is 14.2. The van der Waals surface area contributed by atoms with Gasteiger partial charge in [0, 0.05) is 17.1 Å². The lowest BCUT2D eigenvalue weighted by Crippen LogP contribution is -2.58. The van der Waals surface area contributed by atoms with Crippen molar-refractivity contribution in [2.75, 3.05) is 13.2 Å². The van der Waals surface area contributed by atoms with Crippen molar-refractivity contribution in [1.82, 2.24) is 0 Å². The Kier molecular flexibility index (Phi) is 15.1. The van der Waals surface area contributed by atoms with Gasteiger partial charge >= 0.3 is 11.9 Å². The molecule has 0 radical (unpaired) electrons. The Morgan fingerprint density at radius 2 is 1.32 bits per heavy atom. The highest BCUT2D eigenvalue weighted by molar-refractivity contribution is 5.88. The molecule has 0 bridgehead atoms. The van der Waals surface area contributed by atoms with Gasteiger partial charge in [-0.2, -0.15) is 0 Å². The molecule has 12 heteroatoms. The molecule has 2 rings (SSSR count).